The molecule has 5 N–H and O–H groups in total. The molecule has 1 heterocycles. The number of hydrogen-bond acceptors (Lipinski definition) is 6. The third-order valence-corrected chi connectivity index (χ3v) is 6.31. The Hall–Kier alpha value is -3.88. The molecule has 0 bridgehead atoms. The van der Waals surface area contributed by atoms with Crippen LogP contribution in [-0.2, 0) is 11.3 Å². The maximum Gasteiger partial charge on any atom is 0.411 e. The fourth-order valence-electron chi connectivity index (χ4n) is 3.50. The first-order valence-corrected chi connectivity index (χ1v) is 11.6. The molecule has 0 fully saturated rings. The predicted molar refractivity (Wildman–Crippen MR) is 137 cm³/mol. The summed E-state index contributed by atoms with van der Waals surface area (Å²) < 4.78 is 12.8. The van der Waals surface area contributed by atoms with E-state index in [9.17, 15) is 4.79 Å². The maximum atomic E-state index is 12.5. The van der Waals surface area contributed by atoms with Crippen molar-refractivity contribution in [1.29, 1.82) is 5.41 Å². The fourth-order valence-corrected chi connectivity index (χ4v) is 4.44. The number of amides is 1. The van der Waals surface area contributed by atoms with Crippen molar-refractivity contribution in [2.75, 3.05) is 19.0 Å². The average molecular weight is 475 g/mol. The van der Waals surface area contributed by atoms with Crippen molar-refractivity contribution < 1.29 is 14.3 Å². The minimum atomic E-state index is -0.557. The van der Waals surface area contributed by atoms with Gasteiger partial charge in [-0.3, -0.25) is 10.7 Å². The Balaban J connectivity index is 1.48. The van der Waals surface area contributed by atoms with Crippen molar-refractivity contribution >= 4 is 39.0 Å². The molecule has 1 aromatic heterocycles. The van der Waals surface area contributed by atoms with Crippen molar-refractivity contribution in [3.05, 3.63) is 94.9 Å². The molecule has 174 valence electrons. The number of carbonyl (C=O) groups excluding carboxylic acids is 1. The number of anilines is 1. The van der Waals surface area contributed by atoms with Gasteiger partial charge in [0.05, 0.1) is 4.88 Å². The van der Waals surface area contributed by atoms with Gasteiger partial charge in [0.25, 0.3) is 0 Å². The second-order valence-electron chi connectivity index (χ2n) is 7.66. The lowest BCUT2D eigenvalue weighted by Crippen LogP contribution is -2.21. The number of ether oxygens (including phenoxy) is 2. The van der Waals surface area contributed by atoms with E-state index in [1.165, 1.54) is 11.3 Å². The molecule has 34 heavy (non-hydrogen) atoms. The van der Waals surface area contributed by atoms with Crippen molar-refractivity contribution in [3.63, 3.8) is 0 Å². The van der Waals surface area contributed by atoms with Crippen molar-refractivity contribution in [1.82, 2.24) is 5.32 Å². The lowest BCUT2D eigenvalue weighted by molar-refractivity contribution is 0.0910. The molecule has 0 saturated carbocycles. The third-order valence-electron chi connectivity index (χ3n) is 5.17. The van der Waals surface area contributed by atoms with Gasteiger partial charge in [-0.15, -0.1) is 11.3 Å². The zero-order valence-corrected chi connectivity index (χ0v) is 19.5. The molecule has 0 spiro atoms. The Bertz CT molecular complexity index is 1270. The van der Waals surface area contributed by atoms with Gasteiger partial charge in [0.1, 0.15) is 18.2 Å². The molecule has 1 amide bonds. The van der Waals surface area contributed by atoms with Crippen LogP contribution in [0.1, 0.15) is 22.1 Å². The Morgan fingerprint density at radius 3 is 2.53 bits per heavy atom. The van der Waals surface area contributed by atoms with Crippen LogP contribution in [0, 0.1) is 5.41 Å². The molecule has 0 radical (unpaired) electrons. The van der Waals surface area contributed by atoms with E-state index < -0.39 is 12.2 Å². The number of fused-ring (bicyclic) bond motifs is 1. The zero-order valence-electron chi connectivity index (χ0n) is 18.7. The van der Waals surface area contributed by atoms with Crippen molar-refractivity contribution in [3.8, 4) is 5.75 Å². The summed E-state index contributed by atoms with van der Waals surface area (Å²) in [5.41, 5.74) is 8.33. The van der Waals surface area contributed by atoms with E-state index in [1.807, 2.05) is 85.9 Å². The monoisotopic (exact) mass is 474 g/mol. The number of rotatable bonds is 9. The quantitative estimate of drug-likeness (QED) is 0.195. The standard InChI is InChI=1S/C26H26N4O3S/c1-29-15-17-10-12-19(13-11-17)30-26(31)32-16-22(18-6-3-2-4-7-18)33-21-8-5-9-23-20(21)14-24(34-23)25(27)28/h2-14,22,29H,15-16H2,1H3,(H3,27,28)(H,30,31). The number of nitrogens with two attached hydrogens (primary N) is 1. The normalized spacial score (nSPS) is 11.7. The van der Waals surface area contributed by atoms with Crippen LogP contribution in [0.4, 0.5) is 10.5 Å². The van der Waals surface area contributed by atoms with Crippen LogP contribution in [0.15, 0.2) is 78.9 Å². The number of hydrogen-bond donors (Lipinski definition) is 4. The third kappa shape index (κ3) is 5.72. The van der Waals surface area contributed by atoms with E-state index in [1.54, 1.807) is 0 Å². The molecular weight excluding hydrogens is 448 g/mol. The second-order valence-corrected chi connectivity index (χ2v) is 8.74. The average Bonchev–Trinajstić information content (AvgIpc) is 3.29. The van der Waals surface area contributed by atoms with Gasteiger partial charge >= 0.3 is 6.09 Å². The van der Waals surface area contributed by atoms with Gasteiger partial charge in [-0.05, 0) is 48.5 Å². The lowest BCUT2D eigenvalue weighted by Gasteiger charge is -2.20. The minimum Gasteiger partial charge on any atom is -0.481 e. The molecule has 1 atom stereocenters. The van der Waals surface area contributed by atoms with Crippen LogP contribution in [0.2, 0.25) is 0 Å². The first-order valence-electron chi connectivity index (χ1n) is 10.8. The summed E-state index contributed by atoms with van der Waals surface area (Å²) in [6, 6.07) is 24.7. The summed E-state index contributed by atoms with van der Waals surface area (Å²) in [6.45, 7) is 0.777. The van der Waals surface area contributed by atoms with Gasteiger partial charge in [0, 0.05) is 22.3 Å². The Morgan fingerprint density at radius 1 is 1.06 bits per heavy atom. The first kappa shape index (κ1) is 23.3. The highest BCUT2D eigenvalue weighted by atomic mass is 32.1. The van der Waals surface area contributed by atoms with Crippen molar-refractivity contribution in [2.45, 2.75) is 12.6 Å². The molecular formula is C26H26N4O3S. The van der Waals surface area contributed by atoms with Crippen LogP contribution in [0.25, 0.3) is 10.1 Å². The smallest absolute Gasteiger partial charge is 0.411 e. The Labute approximate surface area is 202 Å². The van der Waals surface area contributed by atoms with Crippen LogP contribution < -0.4 is 21.1 Å². The molecule has 0 aliphatic rings. The molecule has 4 rings (SSSR count). The number of nitrogen functional groups attached to an aromatic ring is 1. The van der Waals surface area contributed by atoms with E-state index in [0.717, 1.165) is 27.8 Å². The molecule has 7 nitrogen and oxygen atoms in total. The van der Waals surface area contributed by atoms with E-state index in [2.05, 4.69) is 10.6 Å². The number of benzene rings is 3. The number of carbonyl (C=O) groups is 1. The summed E-state index contributed by atoms with van der Waals surface area (Å²) in [4.78, 5) is 13.1. The van der Waals surface area contributed by atoms with E-state index in [4.69, 9.17) is 20.6 Å². The van der Waals surface area contributed by atoms with Gasteiger partial charge in [0.2, 0.25) is 0 Å². The molecule has 8 heteroatoms. The van der Waals surface area contributed by atoms with E-state index in [0.29, 0.717) is 16.3 Å². The highest BCUT2D eigenvalue weighted by molar-refractivity contribution is 7.20. The van der Waals surface area contributed by atoms with Crippen LogP contribution in [-0.4, -0.2) is 25.6 Å². The van der Waals surface area contributed by atoms with E-state index >= 15 is 0 Å². The number of thiophene rings is 1. The Kier molecular flexibility index (Phi) is 7.41. The predicted octanol–water partition coefficient (Wildman–Crippen LogP) is 5.27. The minimum absolute atomic E-state index is 0.0192. The van der Waals surface area contributed by atoms with Gasteiger partial charge in [0.15, 0.2) is 6.10 Å². The lowest BCUT2D eigenvalue weighted by atomic mass is 10.1. The molecule has 1 unspecified atom stereocenters. The fraction of sp³-hybridized carbons (Fsp3) is 0.154. The molecule has 0 saturated heterocycles. The highest BCUT2D eigenvalue weighted by Gasteiger charge is 2.19. The summed E-state index contributed by atoms with van der Waals surface area (Å²) in [6.07, 6.45) is -1.07. The zero-order chi connectivity index (χ0) is 23.9. The summed E-state index contributed by atoms with van der Waals surface area (Å²) in [5.74, 6) is 0.657. The van der Waals surface area contributed by atoms with Gasteiger partial charge in [-0.1, -0.05) is 48.5 Å². The van der Waals surface area contributed by atoms with Crippen LogP contribution in [0.3, 0.4) is 0 Å². The summed E-state index contributed by atoms with van der Waals surface area (Å²) in [5, 5.41) is 14.4. The SMILES string of the molecule is CNCc1ccc(NC(=O)OCC(Oc2cccc3sc(C(=N)N)cc23)c2ccccc2)cc1. The molecule has 3 aromatic carbocycles. The summed E-state index contributed by atoms with van der Waals surface area (Å²) in [7, 11) is 1.88. The second kappa shape index (κ2) is 10.8. The van der Waals surface area contributed by atoms with Gasteiger partial charge < -0.3 is 20.5 Å². The van der Waals surface area contributed by atoms with Crippen LogP contribution in [0.5, 0.6) is 5.75 Å². The maximum absolute atomic E-state index is 12.5. The molecule has 4 aromatic rings. The topological polar surface area (TPSA) is 109 Å². The summed E-state index contributed by atoms with van der Waals surface area (Å²) >= 11 is 1.44. The molecule has 0 aliphatic heterocycles. The number of nitrogens with one attached hydrogen (secondary N) is 3. The highest BCUT2D eigenvalue weighted by Crippen LogP contribution is 2.35. The van der Waals surface area contributed by atoms with Crippen molar-refractivity contribution in [2.24, 2.45) is 5.73 Å². The first-order chi connectivity index (χ1) is 16.5. The molecule has 0 aliphatic carbocycles. The van der Waals surface area contributed by atoms with Gasteiger partial charge in [-0.2, -0.15) is 0 Å². The largest absolute Gasteiger partial charge is 0.481 e. The van der Waals surface area contributed by atoms with Crippen LogP contribution >= 0.6 is 11.3 Å². The Morgan fingerprint density at radius 2 is 1.82 bits per heavy atom. The van der Waals surface area contributed by atoms with Gasteiger partial charge in [-0.25, -0.2) is 4.79 Å². The number of amidine groups is 1. The van der Waals surface area contributed by atoms with E-state index in [-0.39, 0.29) is 12.4 Å².